The van der Waals surface area contributed by atoms with E-state index in [-0.39, 0.29) is 0 Å². The molecule has 9 rings (SSSR count). The molecule has 0 spiro atoms. The summed E-state index contributed by atoms with van der Waals surface area (Å²) >= 11 is 0. The Kier molecular flexibility index (Phi) is 7.53. The molecule has 0 fully saturated rings. The largest absolute Gasteiger partial charge is 0.308 e. The molecule has 0 unspecified atom stereocenters. The van der Waals surface area contributed by atoms with E-state index >= 15 is 0 Å². The summed E-state index contributed by atoms with van der Waals surface area (Å²) in [5.41, 5.74) is 14.0. The highest BCUT2D eigenvalue weighted by Gasteiger charge is 2.23. The third kappa shape index (κ3) is 5.06. The Bertz CT molecular complexity index is 2550. The van der Waals surface area contributed by atoms with Gasteiger partial charge in [-0.05, 0) is 70.3 Å². The van der Waals surface area contributed by atoms with Crippen LogP contribution in [0.2, 0.25) is 0 Å². The van der Waals surface area contributed by atoms with Crippen molar-refractivity contribution in [1.82, 2.24) is 4.57 Å². The van der Waals surface area contributed by atoms with Gasteiger partial charge in [-0.3, -0.25) is 0 Å². The van der Waals surface area contributed by atoms with E-state index in [1.165, 1.54) is 49.6 Å². The zero-order chi connectivity index (χ0) is 33.3. The number of fused-ring (bicyclic) bond motifs is 3. The van der Waals surface area contributed by atoms with E-state index in [1.807, 2.05) is 0 Å². The molecule has 0 aliphatic carbocycles. The minimum Gasteiger partial charge on any atom is -0.308 e. The van der Waals surface area contributed by atoms with Crippen molar-refractivity contribution in [3.63, 3.8) is 0 Å². The summed E-state index contributed by atoms with van der Waals surface area (Å²) in [6.07, 6.45) is 0. The van der Waals surface area contributed by atoms with Gasteiger partial charge in [-0.1, -0.05) is 164 Å². The summed E-state index contributed by atoms with van der Waals surface area (Å²) in [6.45, 7) is 0. The highest BCUT2D eigenvalue weighted by molar-refractivity contribution is 6.10. The van der Waals surface area contributed by atoms with E-state index in [0.717, 1.165) is 28.3 Å². The minimum absolute atomic E-state index is 1.09. The fourth-order valence-electron chi connectivity index (χ4n) is 7.45. The van der Waals surface area contributed by atoms with Crippen molar-refractivity contribution in [2.24, 2.45) is 0 Å². The predicted molar refractivity (Wildman–Crippen MR) is 212 cm³/mol. The number of hydrogen-bond acceptors (Lipinski definition) is 1. The van der Waals surface area contributed by atoms with Gasteiger partial charge in [0.2, 0.25) is 0 Å². The smallest absolute Gasteiger partial charge is 0.0702 e. The van der Waals surface area contributed by atoms with Crippen molar-refractivity contribution >= 4 is 38.9 Å². The molecule has 0 aliphatic rings. The summed E-state index contributed by atoms with van der Waals surface area (Å²) in [6, 6.07) is 74.0. The Balaban J connectivity index is 1.30. The van der Waals surface area contributed by atoms with Crippen molar-refractivity contribution in [2.45, 2.75) is 0 Å². The van der Waals surface area contributed by atoms with Gasteiger partial charge in [-0.15, -0.1) is 0 Å². The van der Waals surface area contributed by atoms with Crippen LogP contribution in [0.15, 0.2) is 206 Å². The van der Waals surface area contributed by atoms with Crippen LogP contribution in [0, 0.1) is 0 Å². The molecule has 236 valence electrons. The van der Waals surface area contributed by atoms with Crippen molar-refractivity contribution < 1.29 is 0 Å². The molecular formula is C48H34N2. The summed E-state index contributed by atoms with van der Waals surface area (Å²) in [4.78, 5) is 2.42. The Hall–Kier alpha value is -6.64. The fourth-order valence-corrected chi connectivity index (χ4v) is 7.45. The van der Waals surface area contributed by atoms with Crippen LogP contribution >= 0.6 is 0 Å². The van der Waals surface area contributed by atoms with Crippen molar-refractivity contribution in [1.29, 1.82) is 0 Å². The minimum atomic E-state index is 1.09. The number of rotatable bonds is 7. The van der Waals surface area contributed by atoms with Gasteiger partial charge in [-0.25, -0.2) is 0 Å². The van der Waals surface area contributed by atoms with Crippen LogP contribution in [0.5, 0.6) is 0 Å². The lowest BCUT2D eigenvalue weighted by atomic mass is 9.88. The molecule has 50 heavy (non-hydrogen) atoms. The van der Waals surface area contributed by atoms with E-state index in [9.17, 15) is 0 Å². The first-order chi connectivity index (χ1) is 24.9. The van der Waals surface area contributed by atoms with Gasteiger partial charge < -0.3 is 9.47 Å². The summed E-state index contributed by atoms with van der Waals surface area (Å²) in [5.74, 6) is 0. The molecule has 8 aromatic carbocycles. The second kappa shape index (κ2) is 12.8. The Labute approximate surface area is 292 Å². The number of benzene rings is 8. The number of hydrogen-bond donors (Lipinski definition) is 0. The maximum Gasteiger partial charge on any atom is 0.0702 e. The lowest BCUT2D eigenvalue weighted by Gasteiger charge is -2.30. The maximum atomic E-state index is 2.42. The van der Waals surface area contributed by atoms with Gasteiger partial charge in [0.05, 0.1) is 28.1 Å². The van der Waals surface area contributed by atoms with E-state index in [4.69, 9.17) is 0 Å². The molecule has 0 radical (unpaired) electrons. The quantitative estimate of drug-likeness (QED) is 0.169. The SMILES string of the molecule is c1ccc(-c2ccccc2-c2ccccc2-c2ccccc2N(c2ccccc2)c2ccccc2-n2c3ccccc3c3ccccc32)cc1. The second-order valence-corrected chi connectivity index (χ2v) is 12.5. The Morgan fingerprint density at radius 2 is 0.720 bits per heavy atom. The molecule has 0 aliphatic heterocycles. The molecule has 0 saturated heterocycles. The van der Waals surface area contributed by atoms with Crippen LogP contribution < -0.4 is 4.90 Å². The highest BCUT2D eigenvalue weighted by Crippen LogP contribution is 2.47. The number of nitrogens with zero attached hydrogens (tertiary/aromatic N) is 2. The van der Waals surface area contributed by atoms with Crippen LogP contribution in [-0.4, -0.2) is 4.57 Å². The number of anilines is 3. The molecule has 0 bridgehead atoms. The Morgan fingerprint density at radius 1 is 0.300 bits per heavy atom. The van der Waals surface area contributed by atoms with Gasteiger partial charge in [0, 0.05) is 22.0 Å². The summed E-state index contributed by atoms with van der Waals surface area (Å²) in [7, 11) is 0. The third-order valence-corrected chi connectivity index (χ3v) is 9.62. The van der Waals surface area contributed by atoms with Crippen LogP contribution in [0.1, 0.15) is 0 Å². The van der Waals surface area contributed by atoms with Crippen molar-refractivity contribution in [3.05, 3.63) is 206 Å². The average molecular weight is 639 g/mol. The maximum absolute atomic E-state index is 2.42. The molecule has 1 aromatic heterocycles. The molecule has 2 heteroatoms. The molecule has 1 heterocycles. The van der Waals surface area contributed by atoms with Gasteiger partial charge in [0.1, 0.15) is 0 Å². The zero-order valence-electron chi connectivity index (χ0n) is 27.5. The first-order valence-electron chi connectivity index (χ1n) is 17.1. The lowest BCUT2D eigenvalue weighted by molar-refractivity contribution is 1.15. The fraction of sp³-hybridized carbons (Fsp3) is 0. The number of para-hydroxylation sites is 6. The monoisotopic (exact) mass is 638 g/mol. The van der Waals surface area contributed by atoms with E-state index in [1.54, 1.807) is 0 Å². The molecule has 9 aromatic rings. The van der Waals surface area contributed by atoms with E-state index in [0.29, 0.717) is 0 Å². The predicted octanol–water partition coefficient (Wildman–Crippen LogP) is 13.3. The standard InChI is InChI=1S/C48H34N2/c1-3-19-35(20-4-1)37-23-7-8-24-38(37)39-25-9-10-26-40(39)41-27-11-14-30-44(41)49(36-21-5-2-6-22-36)47-33-17-18-34-48(47)50-45-31-15-12-28-42(45)43-29-13-16-32-46(43)50/h1-34H. The van der Waals surface area contributed by atoms with E-state index in [2.05, 4.69) is 216 Å². The molecule has 0 saturated carbocycles. The van der Waals surface area contributed by atoms with Gasteiger partial charge >= 0.3 is 0 Å². The zero-order valence-corrected chi connectivity index (χ0v) is 27.5. The van der Waals surface area contributed by atoms with Crippen LogP contribution in [0.3, 0.4) is 0 Å². The second-order valence-electron chi connectivity index (χ2n) is 12.5. The molecule has 2 nitrogen and oxygen atoms in total. The average Bonchev–Trinajstić information content (AvgIpc) is 3.53. The first-order valence-corrected chi connectivity index (χ1v) is 17.1. The van der Waals surface area contributed by atoms with Crippen LogP contribution in [0.4, 0.5) is 17.1 Å². The molecule has 0 amide bonds. The van der Waals surface area contributed by atoms with Crippen molar-refractivity contribution in [2.75, 3.05) is 4.90 Å². The lowest BCUT2D eigenvalue weighted by Crippen LogP contribution is -2.14. The van der Waals surface area contributed by atoms with Gasteiger partial charge in [0.25, 0.3) is 0 Å². The summed E-state index contributed by atoms with van der Waals surface area (Å²) in [5, 5.41) is 2.49. The summed E-state index contributed by atoms with van der Waals surface area (Å²) < 4.78 is 2.42. The van der Waals surface area contributed by atoms with Crippen LogP contribution in [0.25, 0.3) is 60.9 Å². The molecular weight excluding hydrogens is 605 g/mol. The van der Waals surface area contributed by atoms with E-state index < -0.39 is 0 Å². The Morgan fingerprint density at radius 3 is 1.36 bits per heavy atom. The van der Waals surface area contributed by atoms with Crippen molar-refractivity contribution in [3.8, 4) is 39.1 Å². The molecule has 0 N–H and O–H groups in total. The normalized spacial score (nSPS) is 11.2. The first kappa shape index (κ1) is 29.5. The van der Waals surface area contributed by atoms with Crippen LogP contribution in [-0.2, 0) is 0 Å². The highest BCUT2D eigenvalue weighted by atomic mass is 15.2. The van der Waals surface area contributed by atoms with Gasteiger partial charge in [0.15, 0.2) is 0 Å². The topological polar surface area (TPSA) is 8.17 Å². The van der Waals surface area contributed by atoms with Gasteiger partial charge in [-0.2, -0.15) is 0 Å². The number of aromatic nitrogens is 1. The third-order valence-electron chi connectivity index (χ3n) is 9.62. The molecule has 0 atom stereocenters.